The van der Waals surface area contributed by atoms with Gasteiger partial charge in [0.1, 0.15) is 6.10 Å². The van der Waals surface area contributed by atoms with E-state index in [0.717, 1.165) is 5.56 Å². The van der Waals surface area contributed by atoms with Crippen LogP contribution < -0.4 is 0 Å². The normalized spacial score (nSPS) is 12.8. The fraction of sp³-hybridized carbons (Fsp3) is 0.625. The van der Waals surface area contributed by atoms with Gasteiger partial charge in [0.15, 0.2) is 0 Å². The van der Waals surface area contributed by atoms with E-state index >= 15 is 0 Å². The summed E-state index contributed by atoms with van der Waals surface area (Å²) in [5.74, 6) is 0.502. The Balaban J connectivity index is 2.20. The quantitative estimate of drug-likeness (QED) is 0.670. The van der Waals surface area contributed by atoms with Crippen LogP contribution in [0.2, 0.25) is 0 Å². The number of benzene rings is 1. The molecule has 20 heavy (non-hydrogen) atoms. The molecule has 0 aliphatic rings. The SMILES string of the molecule is COCCOCCOCC(O)c1ccc(C(C)C)cc1. The second kappa shape index (κ2) is 9.88. The highest BCUT2D eigenvalue weighted by molar-refractivity contribution is 5.26. The van der Waals surface area contributed by atoms with Crippen molar-refractivity contribution < 1.29 is 19.3 Å². The highest BCUT2D eigenvalue weighted by atomic mass is 16.5. The second-order valence-corrected chi connectivity index (χ2v) is 5.02. The summed E-state index contributed by atoms with van der Waals surface area (Å²) in [4.78, 5) is 0. The lowest BCUT2D eigenvalue weighted by Gasteiger charge is -2.13. The molecule has 0 spiro atoms. The van der Waals surface area contributed by atoms with Crippen LogP contribution in [-0.2, 0) is 14.2 Å². The zero-order valence-corrected chi connectivity index (χ0v) is 12.7. The fourth-order valence-corrected chi connectivity index (χ4v) is 1.76. The Labute approximate surface area is 121 Å². The molecule has 0 saturated heterocycles. The first-order valence-electron chi connectivity index (χ1n) is 7.07. The standard InChI is InChI=1S/C16H26O4/c1-13(2)14-4-6-15(7-5-14)16(17)12-20-11-10-19-9-8-18-3/h4-7,13,16-17H,8-12H2,1-3H3. The smallest absolute Gasteiger partial charge is 0.102 e. The molecule has 4 nitrogen and oxygen atoms in total. The molecule has 114 valence electrons. The fourth-order valence-electron chi connectivity index (χ4n) is 1.76. The summed E-state index contributed by atoms with van der Waals surface area (Å²) in [5.41, 5.74) is 2.16. The first-order valence-corrected chi connectivity index (χ1v) is 7.07. The molecule has 0 amide bonds. The number of methoxy groups -OCH3 is 1. The maximum Gasteiger partial charge on any atom is 0.102 e. The van der Waals surface area contributed by atoms with E-state index < -0.39 is 6.10 Å². The zero-order chi connectivity index (χ0) is 14.8. The molecule has 0 fully saturated rings. The van der Waals surface area contributed by atoms with Crippen molar-refractivity contribution in [3.63, 3.8) is 0 Å². The van der Waals surface area contributed by atoms with E-state index in [0.29, 0.717) is 32.3 Å². The third-order valence-electron chi connectivity index (χ3n) is 3.07. The van der Waals surface area contributed by atoms with Crippen molar-refractivity contribution in [2.75, 3.05) is 40.1 Å². The van der Waals surface area contributed by atoms with Crippen LogP contribution in [0.25, 0.3) is 0 Å². The van der Waals surface area contributed by atoms with Gasteiger partial charge in [0.05, 0.1) is 33.0 Å². The van der Waals surface area contributed by atoms with Gasteiger partial charge in [-0.2, -0.15) is 0 Å². The molecule has 0 aliphatic carbocycles. The average Bonchev–Trinajstić information content (AvgIpc) is 2.46. The molecule has 1 aromatic rings. The molecule has 1 rings (SSSR count). The minimum Gasteiger partial charge on any atom is -0.386 e. The Kier molecular flexibility index (Phi) is 8.46. The summed E-state index contributed by atoms with van der Waals surface area (Å²) in [7, 11) is 1.64. The molecule has 0 radical (unpaired) electrons. The van der Waals surface area contributed by atoms with Gasteiger partial charge in [-0.25, -0.2) is 0 Å². The van der Waals surface area contributed by atoms with Crippen molar-refractivity contribution >= 4 is 0 Å². The molecule has 0 heterocycles. The average molecular weight is 282 g/mol. The first kappa shape index (κ1) is 17.1. The van der Waals surface area contributed by atoms with Crippen molar-refractivity contribution in [2.45, 2.75) is 25.9 Å². The maximum absolute atomic E-state index is 10.0. The molecule has 0 saturated carbocycles. The van der Waals surface area contributed by atoms with Crippen molar-refractivity contribution in [1.29, 1.82) is 0 Å². The topological polar surface area (TPSA) is 47.9 Å². The number of aliphatic hydroxyl groups is 1. The zero-order valence-electron chi connectivity index (χ0n) is 12.7. The van der Waals surface area contributed by atoms with Crippen molar-refractivity contribution in [3.8, 4) is 0 Å². The number of aliphatic hydroxyl groups excluding tert-OH is 1. The van der Waals surface area contributed by atoms with Crippen LogP contribution in [0.5, 0.6) is 0 Å². The van der Waals surface area contributed by atoms with Gasteiger partial charge < -0.3 is 19.3 Å². The van der Waals surface area contributed by atoms with Crippen LogP contribution in [0.3, 0.4) is 0 Å². The minimum absolute atomic E-state index is 0.286. The molecule has 0 aliphatic heterocycles. The van der Waals surface area contributed by atoms with Crippen LogP contribution in [0.1, 0.15) is 37.0 Å². The van der Waals surface area contributed by atoms with Gasteiger partial charge in [0.25, 0.3) is 0 Å². The number of hydrogen-bond acceptors (Lipinski definition) is 4. The molecule has 1 atom stereocenters. The summed E-state index contributed by atoms with van der Waals surface area (Å²) in [6, 6.07) is 8.02. The summed E-state index contributed by atoms with van der Waals surface area (Å²) in [6.07, 6.45) is -0.588. The largest absolute Gasteiger partial charge is 0.386 e. The number of ether oxygens (including phenoxy) is 3. The van der Waals surface area contributed by atoms with Gasteiger partial charge in [-0.1, -0.05) is 38.1 Å². The third kappa shape index (κ3) is 6.48. The Morgan fingerprint density at radius 2 is 1.45 bits per heavy atom. The van der Waals surface area contributed by atoms with E-state index in [2.05, 4.69) is 26.0 Å². The molecule has 0 aromatic heterocycles. The van der Waals surface area contributed by atoms with E-state index in [9.17, 15) is 5.11 Å². The monoisotopic (exact) mass is 282 g/mol. The molecule has 1 aromatic carbocycles. The highest BCUT2D eigenvalue weighted by Gasteiger charge is 2.08. The Bertz CT molecular complexity index is 348. The lowest BCUT2D eigenvalue weighted by atomic mass is 10.0. The van der Waals surface area contributed by atoms with E-state index in [-0.39, 0.29) is 6.61 Å². The Morgan fingerprint density at radius 3 is 2.05 bits per heavy atom. The lowest BCUT2D eigenvalue weighted by Crippen LogP contribution is -2.12. The summed E-state index contributed by atoms with van der Waals surface area (Å²) in [5, 5.41) is 10.0. The summed E-state index contributed by atoms with van der Waals surface area (Å²) < 4.78 is 15.5. The van der Waals surface area contributed by atoms with Crippen LogP contribution in [0.4, 0.5) is 0 Å². The molecule has 0 bridgehead atoms. The third-order valence-corrected chi connectivity index (χ3v) is 3.07. The van der Waals surface area contributed by atoms with Gasteiger partial charge >= 0.3 is 0 Å². The molecular weight excluding hydrogens is 256 g/mol. The summed E-state index contributed by atoms with van der Waals surface area (Å²) >= 11 is 0. The summed E-state index contributed by atoms with van der Waals surface area (Å²) in [6.45, 7) is 6.74. The predicted molar refractivity (Wildman–Crippen MR) is 79.0 cm³/mol. The molecule has 1 unspecified atom stereocenters. The van der Waals surface area contributed by atoms with E-state index in [1.165, 1.54) is 5.56 Å². The van der Waals surface area contributed by atoms with Crippen molar-refractivity contribution in [1.82, 2.24) is 0 Å². The van der Waals surface area contributed by atoms with Crippen LogP contribution in [0, 0.1) is 0 Å². The Hall–Kier alpha value is -0.940. The van der Waals surface area contributed by atoms with Gasteiger partial charge in [-0.05, 0) is 17.0 Å². The van der Waals surface area contributed by atoms with Gasteiger partial charge in [-0.3, -0.25) is 0 Å². The minimum atomic E-state index is -0.588. The predicted octanol–water partition coefficient (Wildman–Crippen LogP) is 2.52. The number of hydrogen-bond donors (Lipinski definition) is 1. The second-order valence-electron chi connectivity index (χ2n) is 5.02. The first-order chi connectivity index (χ1) is 9.65. The van der Waals surface area contributed by atoms with E-state index in [1.54, 1.807) is 7.11 Å². The van der Waals surface area contributed by atoms with Gasteiger partial charge in [-0.15, -0.1) is 0 Å². The lowest BCUT2D eigenvalue weighted by molar-refractivity contribution is -0.00590. The van der Waals surface area contributed by atoms with Crippen molar-refractivity contribution in [2.24, 2.45) is 0 Å². The van der Waals surface area contributed by atoms with Crippen LogP contribution in [-0.4, -0.2) is 45.3 Å². The van der Waals surface area contributed by atoms with E-state index in [1.807, 2.05) is 12.1 Å². The van der Waals surface area contributed by atoms with Gasteiger partial charge in [0, 0.05) is 7.11 Å². The molecule has 1 N–H and O–H groups in total. The number of rotatable bonds is 10. The van der Waals surface area contributed by atoms with E-state index in [4.69, 9.17) is 14.2 Å². The molecule has 4 heteroatoms. The molecular formula is C16H26O4. The van der Waals surface area contributed by atoms with Crippen LogP contribution in [0.15, 0.2) is 24.3 Å². The maximum atomic E-state index is 10.0. The van der Waals surface area contributed by atoms with Crippen molar-refractivity contribution in [3.05, 3.63) is 35.4 Å². The van der Waals surface area contributed by atoms with Crippen LogP contribution >= 0.6 is 0 Å². The highest BCUT2D eigenvalue weighted by Crippen LogP contribution is 2.18. The van der Waals surface area contributed by atoms with Gasteiger partial charge in [0.2, 0.25) is 0 Å². The Morgan fingerprint density at radius 1 is 0.900 bits per heavy atom.